The Hall–Kier alpha value is -3.52. The fourth-order valence-electron chi connectivity index (χ4n) is 4.72. The number of phenolic OH excluding ortho intramolecular Hbond substituents is 2. The van der Waals surface area contributed by atoms with Crippen molar-refractivity contribution in [2.75, 3.05) is 0 Å². The van der Waals surface area contributed by atoms with Crippen molar-refractivity contribution in [1.82, 2.24) is 0 Å². The highest BCUT2D eigenvalue weighted by Crippen LogP contribution is 2.47. The Morgan fingerprint density at radius 1 is 0.621 bits per heavy atom. The van der Waals surface area contributed by atoms with Gasteiger partial charge in [-0.3, -0.25) is 0 Å². The Labute approximate surface area is 170 Å². The molecule has 0 unspecified atom stereocenters. The molecule has 0 saturated carbocycles. The third-order valence-electron chi connectivity index (χ3n) is 6.21. The zero-order valence-electron chi connectivity index (χ0n) is 16.3. The second kappa shape index (κ2) is 6.52. The van der Waals surface area contributed by atoms with Gasteiger partial charge < -0.3 is 10.2 Å². The fourth-order valence-corrected chi connectivity index (χ4v) is 4.72. The minimum Gasteiger partial charge on any atom is -0.508 e. The molecule has 0 fully saturated rings. The molecule has 0 saturated heterocycles. The monoisotopic (exact) mass is 378 g/mol. The average molecular weight is 378 g/mol. The molecule has 5 rings (SSSR count). The lowest BCUT2D eigenvalue weighted by atomic mass is 9.64. The summed E-state index contributed by atoms with van der Waals surface area (Å²) >= 11 is 0. The Morgan fingerprint density at radius 2 is 1.14 bits per heavy atom. The Balaban J connectivity index is 1.69. The van der Waals surface area contributed by atoms with Crippen LogP contribution in [-0.4, -0.2) is 10.2 Å². The van der Waals surface area contributed by atoms with Gasteiger partial charge in [0.1, 0.15) is 11.5 Å². The maximum Gasteiger partial charge on any atom is 0.115 e. The number of hydrogen-bond acceptors (Lipinski definition) is 2. The van der Waals surface area contributed by atoms with E-state index in [1.165, 1.54) is 27.8 Å². The van der Waals surface area contributed by atoms with Gasteiger partial charge in [-0.25, -0.2) is 0 Å². The van der Waals surface area contributed by atoms with Crippen molar-refractivity contribution in [1.29, 1.82) is 0 Å². The summed E-state index contributed by atoms with van der Waals surface area (Å²) < 4.78 is 0. The molecular formula is C27H22O2. The molecule has 0 radical (unpaired) electrons. The van der Waals surface area contributed by atoms with Gasteiger partial charge in [-0.2, -0.15) is 0 Å². The van der Waals surface area contributed by atoms with Crippen molar-refractivity contribution in [3.63, 3.8) is 0 Å². The zero-order chi connectivity index (χ0) is 20.0. The van der Waals surface area contributed by atoms with Crippen molar-refractivity contribution in [3.8, 4) is 22.6 Å². The van der Waals surface area contributed by atoms with E-state index in [2.05, 4.69) is 55.5 Å². The second-order valence-electron chi connectivity index (χ2n) is 7.93. The third kappa shape index (κ3) is 2.80. The molecule has 1 aliphatic carbocycles. The predicted molar refractivity (Wildman–Crippen MR) is 116 cm³/mol. The first-order valence-corrected chi connectivity index (χ1v) is 9.86. The Kier molecular flexibility index (Phi) is 3.95. The average Bonchev–Trinajstić information content (AvgIpc) is 2.74. The van der Waals surface area contributed by atoms with E-state index in [1.807, 2.05) is 30.3 Å². The Bertz CT molecular complexity index is 1140. The highest BCUT2D eigenvalue weighted by atomic mass is 16.3. The molecule has 0 aliphatic heterocycles. The maximum absolute atomic E-state index is 10.0. The van der Waals surface area contributed by atoms with Crippen LogP contribution in [0.15, 0.2) is 91.0 Å². The summed E-state index contributed by atoms with van der Waals surface area (Å²) in [7, 11) is 0. The molecule has 2 nitrogen and oxygen atoms in total. The van der Waals surface area contributed by atoms with E-state index < -0.39 is 0 Å². The van der Waals surface area contributed by atoms with Crippen LogP contribution in [0, 0.1) is 0 Å². The first kappa shape index (κ1) is 17.6. The molecule has 0 aromatic heterocycles. The third-order valence-corrected chi connectivity index (χ3v) is 6.21. The summed E-state index contributed by atoms with van der Waals surface area (Å²) in [6.07, 6.45) is 0.700. The molecule has 2 N–H and O–H groups in total. The van der Waals surface area contributed by atoms with Gasteiger partial charge in [-0.1, -0.05) is 66.7 Å². The van der Waals surface area contributed by atoms with Gasteiger partial charge >= 0.3 is 0 Å². The molecular weight excluding hydrogens is 356 g/mol. The number of fused-ring (bicyclic) bond motifs is 2. The number of rotatable bonds is 2. The molecule has 4 aromatic rings. The summed E-state index contributed by atoms with van der Waals surface area (Å²) in [6.45, 7) is 2.23. The lowest BCUT2D eigenvalue weighted by molar-refractivity contribution is 0.471. The highest BCUT2D eigenvalue weighted by Gasteiger charge is 2.38. The van der Waals surface area contributed by atoms with Crippen molar-refractivity contribution in [3.05, 3.63) is 119 Å². The van der Waals surface area contributed by atoms with Crippen LogP contribution in [0.2, 0.25) is 0 Å². The predicted octanol–water partition coefficient (Wildman–Crippen LogP) is 6.02. The van der Waals surface area contributed by atoms with Crippen molar-refractivity contribution < 1.29 is 10.2 Å². The normalized spacial score (nSPS) is 14.1. The molecule has 1 aliphatic rings. The van der Waals surface area contributed by atoms with Gasteiger partial charge in [0.25, 0.3) is 0 Å². The van der Waals surface area contributed by atoms with Crippen LogP contribution < -0.4 is 0 Å². The SMILES string of the molecule is CC1(c2ccc(-c3ccccc3)cc2)c2ccc(O)cc2Cc2cc(O)ccc21. The largest absolute Gasteiger partial charge is 0.508 e. The van der Waals surface area contributed by atoms with Gasteiger partial charge in [0.15, 0.2) is 0 Å². The molecule has 0 spiro atoms. The van der Waals surface area contributed by atoms with Gasteiger partial charge in [-0.15, -0.1) is 0 Å². The van der Waals surface area contributed by atoms with E-state index in [9.17, 15) is 10.2 Å². The van der Waals surface area contributed by atoms with Gasteiger partial charge in [-0.05, 0) is 76.6 Å². The quantitative estimate of drug-likeness (QED) is 0.447. The van der Waals surface area contributed by atoms with Crippen LogP contribution in [0.3, 0.4) is 0 Å². The van der Waals surface area contributed by atoms with Crippen LogP contribution in [-0.2, 0) is 11.8 Å². The van der Waals surface area contributed by atoms with Crippen molar-refractivity contribution in [2.45, 2.75) is 18.8 Å². The number of hydrogen-bond donors (Lipinski definition) is 2. The number of aromatic hydroxyl groups is 2. The first-order chi connectivity index (χ1) is 14.1. The van der Waals surface area contributed by atoms with Crippen LogP contribution in [0.25, 0.3) is 11.1 Å². The smallest absolute Gasteiger partial charge is 0.115 e. The van der Waals surface area contributed by atoms with E-state index in [1.54, 1.807) is 12.1 Å². The summed E-state index contributed by atoms with van der Waals surface area (Å²) in [4.78, 5) is 0. The van der Waals surface area contributed by atoms with Gasteiger partial charge in [0.05, 0.1) is 0 Å². The summed E-state index contributed by atoms with van der Waals surface area (Å²) in [5.41, 5.74) is 7.79. The van der Waals surface area contributed by atoms with E-state index in [-0.39, 0.29) is 16.9 Å². The molecule has 29 heavy (non-hydrogen) atoms. The summed E-state index contributed by atoms with van der Waals surface area (Å²) in [6, 6.07) is 30.4. The molecule has 0 amide bonds. The van der Waals surface area contributed by atoms with E-state index in [0.29, 0.717) is 6.42 Å². The summed E-state index contributed by atoms with van der Waals surface area (Å²) in [5, 5.41) is 20.1. The molecule has 142 valence electrons. The standard InChI is InChI=1S/C27H22O2/c1-27(22-9-7-19(8-10-22)18-5-3-2-4-6-18)25-13-11-23(28)16-20(25)15-21-17-24(29)12-14-26(21)27/h2-14,16-17,28-29H,15H2,1H3. The molecule has 0 bridgehead atoms. The highest BCUT2D eigenvalue weighted by molar-refractivity contribution is 5.66. The number of benzene rings is 4. The van der Waals surface area contributed by atoms with E-state index in [0.717, 1.165) is 11.1 Å². The van der Waals surface area contributed by atoms with Crippen LogP contribution in [0.5, 0.6) is 11.5 Å². The van der Waals surface area contributed by atoms with Gasteiger partial charge in [0, 0.05) is 5.41 Å². The topological polar surface area (TPSA) is 40.5 Å². The van der Waals surface area contributed by atoms with Crippen molar-refractivity contribution in [2.24, 2.45) is 0 Å². The van der Waals surface area contributed by atoms with Crippen molar-refractivity contribution >= 4 is 0 Å². The second-order valence-corrected chi connectivity index (χ2v) is 7.93. The zero-order valence-corrected chi connectivity index (χ0v) is 16.3. The minimum atomic E-state index is -0.362. The fraction of sp³-hybridized carbons (Fsp3) is 0.111. The lowest BCUT2D eigenvalue weighted by Gasteiger charge is -2.39. The molecule has 0 heterocycles. The van der Waals surface area contributed by atoms with E-state index >= 15 is 0 Å². The number of phenols is 2. The van der Waals surface area contributed by atoms with Crippen LogP contribution >= 0.6 is 0 Å². The Morgan fingerprint density at radius 3 is 1.69 bits per heavy atom. The minimum absolute atomic E-state index is 0.272. The summed E-state index contributed by atoms with van der Waals surface area (Å²) in [5.74, 6) is 0.545. The molecule has 2 heteroatoms. The van der Waals surface area contributed by atoms with Gasteiger partial charge in [0.2, 0.25) is 0 Å². The first-order valence-electron chi connectivity index (χ1n) is 9.86. The van der Waals surface area contributed by atoms with E-state index in [4.69, 9.17) is 0 Å². The maximum atomic E-state index is 10.0. The van der Waals surface area contributed by atoms with Crippen LogP contribution in [0.1, 0.15) is 34.7 Å². The lowest BCUT2D eigenvalue weighted by Crippen LogP contribution is -2.31. The molecule has 0 atom stereocenters. The molecule has 4 aromatic carbocycles. The van der Waals surface area contributed by atoms with Crippen LogP contribution in [0.4, 0.5) is 0 Å².